The molecule has 116 valence electrons. The SMILES string of the molecule is CCc1ncc(NS(=O)(=O)c2ccc3c(c2)CCCC3)cn1. The van der Waals surface area contributed by atoms with E-state index in [1.165, 1.54) is 24.4 Å². The van der Waals surface area contributed by atoms with E-state index in [1.54, 1.807) is 12.1 Å². The van der Waals surface area contributed by atoms with Gasteiger partial charge in [0.1, 0.15) is 5.82 Å². The molecule has 6 heteroatoms. The molecule has 1 aliphatic carbocycles. The number of sulfonamides is 1. The molecule has 22 heavy (non-hydrogen) atoms. The highest BCUT2D eigenvalue weighted by atomic mass is 32.2. The molecule has 0 radical (unpaired) electrons. The predicted octanol–water partition coefficient (Wildman–Crippen LogP) is 2.72. The van der Waals surface area contributed by atoms with Crippen molar-refractivity contribution in [2.24, 2.45) is 0 Å². The van der Waals surface area contributed by atoms with Crippen LogP contribution in [0, 0.1) is 0 Å². The lowest BCUT2D eigenvalue weighted by Crippen LogP contribution is -2.15. The lowest BCUT2D eigenvalue weighted by atomic mass is 9.92. The third kappa shape index (κ3) is 3.11. The Bertz CT molecular complexity index is 770. The van der Waals surface area contributed by atoms with Gasteiger partial charge in [0.25, 0.3) is 10.0 Å². The number of anilines is 1. The van der Waals surface area contributed by atoms with Crippen LogP contribution in [0.2, 0.25) is 0 Å². The second kappa shape index (κ2) is 6.04. The standard InChI is InChI=1S/C16H19N3O2S/c1-2-16-17-10-14(11-18-16)19-22(20,21)15-8-7-12-5-3-4-6-13(12)9-15/h7-11,19H,2-6H2,1H3. The van der Waals surface area contributed by atoms with Crippen LogP contribution in [-0.4, -0.2) is 18.4 Å². The molecule has 0 bridgehead atoms. The fourth-order valence-corrected chi connectivity index (χ4v) is 3.76. The quantitative estimate of drug-likeness (QED) is 0.941. The summed E-state index contributed by atoms with van der Waals surface area (Å²) in [5.74, 6) is 0.691. The predicted molar refractivity (Wildman–Crippen MR) is 85.3 cm³/mol. The summed E-state index contributed by atoms with van der Waals surface area (Å²) in [5, 5.41) is 0. The molecule has 1 aromatic carbocycles. The Morgan fingerprint density at radius 3 is 2.45 bits per heavy atom. The zero-order valence-electron chi connectivity index (χ0n) is 12.5. The zero-order valence-corrected chi connectivity index (χ0v) is 13.4. The highest BCUT2D eigenvalue weighted by Gasteiger charge is 2.18. The van der Waals surface area contributed by atoms with Crippen LogP contribution in [0.25, 0.3) is 0 Å². The molecule has 0 spiro atoms. The Morgan fingerprint density at radius 1 is 1.09 bits per heavy atom. The fraction of sp³-hybridized carbons (Fsp3) is 0.375. The minimum Gasteiger partial charge on any atom is -0.276 e. The monoisotopic (exact) mass is 317 g/mol. The van der Waals surface area contributed by atoms with Crippen molar-refractivity contribution < 1.29 is 8.42 Å². The Kier molecular flexibility index (Phi) is 4.11. The molecular weight excluding hydrogens is 298 g/mol. The number of nitrogens with zero attached hydrogens (tertiary/aromatic N) is 2. The normalized spacial score (nSPS) is 14.4. The molecule has 0 amide bonds. The van der Waals surface area contributed by atoms with E-state index in [0.29, 0.717) is 16.4 Å². The number of aromatic nitrogens is 2. The van der Waals surface area contributed by atoms with Crippen molar-refractivity contribution >= 4 is 15.7 Å². The van der Waals surface area contributed by atoms with Gasteiger partial charge >= 0.3 is 0 Å². The molecule has 0 saturated heterocycles. The van der Waals surface area contributed by atoms with E-state index in [-0.39, 0.29) is 0 Å². The van der Waals surface area contributed by atoms with Gasteiger partial charge in [-0.15, -0.1) is 0 Å². The van der Waals surface area contributed by atoms with Crippen LogP contribution in [0.1, 0.15) is 36.7 Å². The van der Waals surface area contributed by atoms with E-state index < -0.39 is 10.0 Å². The summed E-state index contributed by atoms with van der Waals surface area (Å²) in [5.41, 5.74) is 2.79. The third-order valence-corrected chi connectivity index (χ3v) is 5.28. The summed E-state index contributed by atoms with van der Waals surface area (Å²) >= 11 is 0. The van der Waals surface area contributed by atoms with Gasteiger partial charge in [-0.05, 0) is 48.9 Å². The highest BCUT2D eigenvalue weighted by Crippen LogP contribution is 2.25. The summed E-state index contributed by atoms with van der Waals surface area (Å²) in [4.78, 5) is 8.51. The molecule has 1 N–H and O–H groups in total. The summed E-state index contributed by atoms with van der Waals surface area (Å²) in [6.07, 6.45) is 8.01. The lowest BCUT2D eigenvalue weighted by Gasteiger charge is -2.17. The molecule has 1 aliphatic rings. The van der Waals surface area contributed by atoms with Crippen molar-refractivity contribution in [1.29, 1.82) is 0 Å². The first kappa shape index (κ1) is 15.0. The van der Waals surface area contributed by atoms with Crippen LogP contribution in [-0.2, 0) is 29.3 Å². The Balaban J connectivity index is 1.85. The lowest BCUT2D eigenvalue weighted by molar-refractivity contribution is 0.600. The summed E-state index contributed by atoms with van der Waals surface area (Å²) in [6.45, 7) is 1.95. The van der Waals surface area contributed by atoms with Crippen molar-refractivity contribution in [1.82, 2.24) is 9.97 Å². The number of rotatable bonds is 4. The highest BCUT2D eigenvalue weighted by molar-refractivity contribution is 7.92. The fourth-order valence-electron chi connectivity index (χ4n) is 2.68. The first-order valence-corrected chi connectivity index (χ1v) is 9.02. The minimum atomic E-state index is -3.60. The molecule has 1 heterocycles. The van der Waals surface area contributed by atoms with E-state index >= 15 is 0 Å². The van der Waals surface area contributed by atoms with Crippen LogP contribution in [0.3, 0.4) is 0 Å². The first-order chi connectivity index (χ1) is 10.6. The van der Waals surface area contributed by atoms with E-state index in [1.807, 2.05) is 13.0 Å². The van der Waals surface area contributed by atoms with Crippen LogP contribution in [0.5, 0.6) is 0 Å². The number of fused-ring (bicyclic) bond motifs is 1. The average molecular weight is 317 g/mol. The Morgan fingerprint density at radius 2 is 1.77 bits per heavy atom. The van der Waals surface area contributed by atoms with Crippen molar-refractivity contribution in [3.8, 4) is 0 Å². The second-order valence-electron chi connectivity index (χ2n) is 5.48. The number of nitrogens with one attached hydrogen (secondary N) is 1. The summed E-state index contributed by atoms with van der Waals surface area (Å²) in [7, 11) is -3.60. The van der Waals surface area contributed by atoms with Crippen LogP contribution < -0.4 is 4.72 Å². The molecule has 0 atom stereocenters. The number of hydrogen-bond donors (Lipinski definition) is 1. The van der Waals surface area contributed by atoms with Crippen molar-refractivity contribution in [2.75, 3.05) is 4.72 Å². The minimum absolute atomic E-state index is 0.299. The topological polar surface area (TPSA) is 72.0 Å². The number of benzene rings is 1. The molecule has 0 saturated carbocycles. The molecular formula is C16H19N3O2S. The van der Waals surface area contributed by atoms with Crippen molar-refractivity contribution in [3.63, 3.8) is 0 Å². The molecule has 0 unspecified atom stereocenters. The molecule has 5 nitrogen and oxygen atoms in total. The van der Waals surface area contributed by atoms with E-state index in [4.69, 9.17) is 0 Å². The maximum Gasteiger partial charge on any atom is 0.262 e. The first-order valence-electron chi connectivity index (χ1n) is 7.54. The summed E-state index contributed by atoms with van der Waals surface area (Å²) in [6, 6.07) is 5.39. The van der Waals surface area contributed by atoms with Crippen LogP contribution >= 0.6 is 0 Å². The van der Waals surface area contributed by atoms with Gasteiger partial charge in [0, 0.05) is 6.42 Å². The molecule has 0 aliphatic heterocycles. The van der Waals surface area contributed by atoms with Gasteiger partial charge in [0.15, 0.2) is 0 Å². The zero-order chi connectivity index (χ0) is 15.6. The van der Waals surface area contributed by atoms with Gasteiger partial charge in [-0.25, -0.2) is 18.4 Å². The second-order valence-corrected chi connectivity index (χ2v) is 7.17. The maximum atomic E-state index is 12.5. The third-order valence-electron chi connectivity index (χ3n) is 3.90. The molecule has 1 aromatic heterocycles. The van der Waals surface area contributed by atoms with Crippen molar-refractivity contribution in [2.45, 2.75) is 43.9 Å². The number of hydrogen-bond acceptors (Lipinski definition) is 4. The smallest absolute Gasteiger partial charge is 0.262 e. The van der Waals surface area contributed by atoms with Gasteiger partial charge in [0.2, 0.25) is 0 Å². The van der Waals surface area contributed by atoms with Gasteiger partial charge in [-0.3, -0.25) is 4.72 Å². The van der Waals surface area contributed by atoms with E-state index in [2.05, 4.69) is 14.7 Å². The van der Waals surface area contributed by atoms with E-state index in [9.17, 15) is 8.42 Å². The average Bonchev–Trinajstić information content (AvgIpc) is 2.55. The van der Waals surface area contributed by atoms with Gasteiger partial charge in [0.05, 0.1) is 23.0 Å². The van der Waals surface area contributed by atoms with E-state index in [0.717, 1.165) is 31.2 Å². The van der Waals surface area contributed by atoms with Crippen LogP contribution in [0.4, 0.5) is 5.69 Å². The number of aryl methyl sites for hydroxylation is 3. The molecule has 3 rings (SSSR count). The van der Waals surface area contributed by atoms with Crippen LogP contribution in [0.15, 0.2) is 35.5 Å². The van der Waals surface area contributed by atoms with Gasteiger partial charge < -0.3 is 0 Å². The maximum absolute atomic E-state index is 12.5. The van der Waals surface area contributed by atoms with Gasteiger partial charge in [-0.1, -0.05) is 13.0 Å². The molecule has 0 fully saturated rings. The Hall–Kier alpha value is -1.95. The largest absolute Gasteiger partial charge is 0.276 e. The van der Waals surface area contributed by atoms with Crippen molar-refractivity contribution in [3.05, 3.63) is 47.5 Å². The van der Waals surface area contributed by atoms with Gasteiger partial charge in [-0.2, -0.15) is 0 Å². The Labute approximate surface area is 130 Å². The molecule has 2 aromatic rings. The summed E-state index contributed by atoms with van der Waals surface area (Å²) < 4.78 is 27.5.